The van der Waals surface area contributed by atoms with Crippen molar-refractivity contribution in [3.05, 3.63) is 59.2 Å². The van der Waals surface area contributed by atoms with Crippen molar-refractivity contribution in [2.45, 2.75) is 19.9 Å². The number of hydrogen-bond donors (Lipinski definition) is 1. The van der Waals surface area contributed by atoms with Crippen LogP contribution in [-0.4, -0.2) is 13.7 Å². The van der Waals surface area contributed by atoms with E-state index < -0.39 is 0 Å². The van der Waals surface area contributed by atoms with Crippen LogP contribution in [0.1, 0.15) is 22.7 Å². The predicted molar refractivity (Wildman–Crippen MR) is 81.3 cm³/mol. The van der Waals surface area contributed by atoms with Gasteiger partial charge in [-0.25, -0.2) is 0 Å². The molecule has 2 N–H and O–H groups in total. The minimum atomic E-state index is -0.176. The fraction of sp³-hybridized carbons (Fsp3) is 0.294. The molecule has 0 aliphatic rings. The third-order valence-corrected chi connectivity index (χ3v) is 3.50. The molecule has 2 aromatic carbocycles. The normalized spacial score (nSPS) is 12.0. The van der Waals surface area contributed by atoms with Crippen LogP contribution in [0.3, 0.4) is 0 Å². The molecule has 2 rings (SSSR count). The Morgan fingerprint density at radius 3 is 2.60 bits per heavy atom. The minimum absolute atomic E-state index is 0.176. The van der Waals surface area contributed by atoms with Gasteiger partial charge in [0.05, 0.1) is 13.2 Å². The molecule has 0 fully saturated rings. The summed E-state index contributed by atoms with van der Waals surface area (Å²) < 4.78 is 11.0. The number of rotatable bonds is 5. The molecule has 20 heavy (non-hydrogen) atoms. The second kappa shape index (κ2) is 6.44. The Hall–Kier alpha value is -2.00. The Bertz CT molecular complexity index is 581. The summed E-state index contributed by atoms with van der Waals surface area (Å²) in [6.07, 6.45) is 0. The van der Waals surface area contributed by atoms with Crippen LogP contribution in [0.4, 0.5) is 0 Å². The van der Waals surface area contributed by atoms with Crippen molar-refractivity contribution in [3.63, 3.8) is 0 Å². The number of methoxy groups -OCH3 is 1. The molecule has 0 radical (unpaired) electrons. The monoisotopic (exact) mass is 271 g/mol. The Morgan fingerprint density at radius 2 is 1.85 bits per heavy atom. The van der Waals surface area contributed by atoms with Crippen molar-refractivity contribution in [1.29, 1.82) is 0 Å². The van der Waals surface area contributed by atoms with Crippen molar-refractivity contribution >= 4 is 0 Å². The molecule has 0 bridgehead atoms. The zero-order valence-electron chi connectivity index (χ0n) is 12.2. The molecular formula is C17H21NO2. The Balaban J connectivity index is 2.04. The van der Waals surface area contributed by atoms with Crippen molar-refractivity contribution in [2.24, 2.45) is 5.73 Å². The molecule has 0 amide bonds. The molecule has 1 unspecified atom stereocenters. The van der Waals surface area contributed by atoms with E-state index in [0.717, 1.165) is 22.6 Å². The molecular weight excluding hydrogens is 250 g/mol. The van der Waals surface area contributed by atoms with Gasteiger partial charge in [0, 0.05) is 0 Å². The summed E-state index contributed by atoms with van der Waals surface area (Å²) >= 11 is 0. The maximum atomic E-state index is 6.17. The van der Waals surface area contributed by atoms with Crippen molar-refractivity contribution in [3.8, 4) is 11.5 Å². The molecule has 3 heteroatoms. The quantitative estimate of drug-likeness (QED) is 0.906. The fourth-order valence-electron chi connectivity index (χ4n) is 2.03. The van der Waals surface area contributed by atoms with E-state index in [1.54, 1.807) is 7.11 Å². The van der Waals surface area contributed by atoms with E-state index in [0.29, 0.717) is 6.61 Å². The molecule has 0 spiro atoms. The lowest BCUT2D eigenvalue weighted by Crippen LogP contribution is -2.19. The number of hydrogen-bond acceptors (Lipinski definition) is 3. The molecule has 2 aromatic rings. The highest BCUT2D eigenvalue weighted by Gasteiger charge is 2.09. The van der Waals surface area contributed by atoms with E-state index >= 15 is 0 Å². The standard InChI is InChI=1S/C17H21NO2/c1-12-6-4-9-17(13(12)2)20-11-16(18)14-7-5-8-15(10-14)19-3/h4-10,16H,11,18H2,1-3H3. The first-order valence-corrected chi connectivity index (χ1v) is 6.70. The van der Waals surface area contributed by atoms with Gasteiger partial charge in [-0.3, -0.25) is 0 Å². The van der Waals surface area contributed by atoms with Gasteiger partial charge in [-0.05, 0) is 48.7 Å². The third kappa shape index (κ3) is 3.31. The lowest BCUT2D eigenvalue weighted by Gasteiger charge is -2.16. The molecule has 0 saturated heterocycles. The van der Waals surface area contributed by atoms with Crippen molar-refractivity contribution < 1.29 is 9.47 Å². The average molecular weight is 271 g/mol. The first kappa shape index (κ1) is 14.4. The molecule has 3 nitrogen and oxygen atoms in total. The van der Waals surface area contributed by atoms with E-state index in [9.17, 15) is 0 Å². The summed E-state index contributed by atoms with van der Waals surface area (Å²) in [4.78, 5) is 0. The van der Waals surface area contributed by atoms with Gasteiger partial charge in [0.25, 0.3) is 0 Å². The van der Waals surface area contributed by atoms with Crippen LogP contribution in [0.25, 0.3) is 0 Å². The largest absolute Gasteiger partial charge is 0.497 e. The fourth-order valence-corrected chi connectivity index (χ4v) is 2.03. The number of benzene rings is 2. The summed E-state index contributed by atoms with van der Waals surface area (Å²) in [5.41, 5.74) is 9.56. The lowest BCUT2D eigenvalue weighted by molar-refractivity contribution is 0.288. The predicted octanol–water partition coefficient (Wildman–Crippen LogP) is 3.39. The van der Waals surface area contributed by atoms with E-state index in [2.05, 4.69) is 19.9 Å². The van der Waals surface area contributed by atoms with Gasteiger partial charge in [0.2, 0.25) is 0 Å². The summed E-state index contributed by atoms with van der Waals surface area (Å²) in [5.74, 6) is 1.70. The van der Waals surface area contributed by atoms with Crippen LogP contribution >= 0.6 is 0 Å². The highest BCUT2D eigenvalue weighted by molar-refractivity contribution is 5.38. The molecule has 0 saturated carbocycles. The topological polar surface area (TPSA) is 44.5 Å². The first-order chi connectivity index (χ1) is 9.61. The summed E-state index contributed by atoms with van der Waals surface area (Å²) in [6.45, 7) is 4.57. The smallest absolute Gasteiger partial charge is 0.122 e. The minimum Gasteiger partial charge on any atom is -0.497 e. The van der Waals surface area contributed by atoms with E-state index in [4.69, 9.17) is 15.2 Å². The van der Waals surface area contributed by atoms with Crippen LogP contribution in [0.15, 0.2) is 42.5 Å². The summed E-state index contributed by atoms with van der Waals surface area (Å²) in [6, 6.07) is 13.6. The molecule has 0 aliphatic carbocycles. The van der Waals surface area contributed by atoms with Gasteiger partial charge in [0.1, 0.15) is 18.1 Å². The maximum absolute atomic E-state index is 6.17. The van der Waals surface area contributed by atoms with Gasteiger partial charge in [-0.1, -0.05) is 24.3 Å². The van der Waals surface area contributed by atoms with E-state index in [-0.39, 0.29) is 6.04 Å². The van der Waals surface area contributed by atoms with Gasteiger partial charge in [-0.15, -0.1) is 0 Å². The molecule has 0 aliphatic heterocycles. The van der Waals surface area contributed by atoms with Crippen LogP contribution in [-0.2, 0) is 0 Å². The Kier molecular flexibility index (Phi) is 4.64. The number of nitrogens with two attached hydrogens (primary N) is 1. The highest BCUT2D eigenvalue weighted by atomic mass is 16.5. The highest BCUT2D eigenvalue weighted by Crippen LogP contribution is 2.23. The average Bonchev–Trinajstić information content (AvgIpc) is 2.48. The van der Waals surface area contributed by atoms with Crippen LogP contribution in [0, 0.1) is 13.8 Å². The number of aryl methyl sites for hydroxylation is 1. The lowest BCUT2D eigenvalue weighted by atomic mass is 10.1. The Morgan fingerprint density at radius 1 is 1.10 bits per heavy atom. The zero-order valence-corrected chi connectivity index (χ0v) is 12.2. The van der Waals surface area contributed by atoms with Crippen LogP contribution in [0.5, 0.6) is 11.5 Å². The van der Waals surface area contributed by atoms with Gasteiger partial charge >= 0.3 is 0 Å². The van der Waals surface area contributed by atoms with E-state index in [1.165, 1.54) is 5.56 Å². The molecule has 106 valence electrons. The second-order valence-corrected chi connectivity index (χ2v) is 4.89. The van der Waals surface area contributed by atoms with Crippen LogP contribution < -0.4 is 15.2 Å². The van der Waals surface area contributed by atoms with Gasteiger partial charge < -0.3 is 15.2 Å². The Labute approximate surface area is 120 Å². The first-order valence-electron chi connectivity index (χ1n) is 6.70. The SMILES string of the molecule is COc1cccc(C(N)COc2cccc(C)c2C)c1. The van der Waals surface area contributed by atoms with E-state index in [1.807, 2.05) is 36.4 Å². The van der Waals surface area contributed by atoms with Gasteiger partial charge in [0.15, 0.2) is 0 Å². The zero-order chi connectivity index (χ0) is 14.5. The molecule has 0 heterocycles. The summed E-state index contributed by atoms with van der Waals surface area (Å²) in [5, 5.41) is 0. The maximum Gasteiger partial charge on any atom is 0.122 e. The summed E-state index contributed by atoms with van der Waals surface area (Å²) in [7, 11) is 1.65. The molecule has 0 aromatic heterocycles. The number of ether oxygens (including phenoxy) is 2. The third-order valence-electron chi connectivity index (χ3n) is 3.50. The van der Waals surface area contributed by atoms with Gasteiger partial charge in [-0.2, -0.15) is 0 Å². The van der Waals surface area contributed by atoms with Crippen molar-refractivity contribution in [1.82, 2.24) is 0 Å². The van der Waals surface area contributed by atoms with Crippen LogP contribution in [0.2, 0.25) is 0 Å². The second-order valence-electron chi connectivity index (χ2n) is 4.89. The molecule has 1 atom stereocenters. The van der Waals surface area contributed by atoms with Crippen molar-refractivity contribution in [2.75, 3.05) is 13.7 Å².